The molecule has 2 aliphatic heterocycles. The minimum Gasteiger partial charge on any atom is -0.356 e. The van der Waals surface area contributed by atoms with E-state index < -0.39 is 0 Å². The first-order chi connectivity index (χ1) is 14.3. The first-order valence-corrected chi connectivity index (χ1v) is 10.6. The number of rotatable bonds is 5. The highest BCUT2D eigenvalue weighted by molar-refractivity contribution is 5.48. The monoisotopic (exact) mass is 387 g/mol. The Bertz CT molecular complexity index is 841. The Kier molecular flexibility index (Phi) is 6.56. The average molecular weight is 388 g/mol. The summed E-state index contributed by atoms with van der Waals surface area (Å²) in [5.74, 6) is 0.942. The molecule has 2 aliphatic rings. The quantitative estimate of drug-likeness (QED) is 0.788. The first-order valence-electron chi connectivity index (χ1n) is 10.6. The highest BCUT2D eigenvalue weighted by Gasteiger charge is 2.27. The van der Waals surface area contributed by atoms with Crippen molar-refractivity contribution >= 4 is 11.9 Å². The minimum atomic E-state index is 0.674. The molecule has 0 amide bonds. The molecule has 2 saturated heterocycles. The predicted octanol–water partition coefficient (Wildman–Crippen LogP) is 3.25. The molecule has 2 fully saturated rings. The molecule has 1 aromatic carbocycles. The van der Waals surface area contributed by atoms with E-state index in [0.717, 1.165) is 51.6 Å². The van der Waals surface area contributed by atoms with Crippen molar-refractivity contribution in [1.82, 2.24) is 14.8 Å². The zero-order valence-electron chi connectivity index (χ0n) is 17.0. The number of hydrogen-bond acceptors (Lipinski definition) is 5. The molecular weight excluding hydrogens is 358 g/mol. The lowest BCUT2D eigenvalue weighted by Gasteiger charge is -2.42. The number of nitriles is 1. The van der Waals surface area contributed by atoms with E-state index in [4.69, 9.17) is 5.26 Å². The van der Waals surface area contributed by atoms with Crippen LogP contribution in [-0.4, -0.2) is 66.6 Å². The molecule has 0 atom stereocenters. The lowest BCUT2D eigenvalue weighted by Crippen LogP contribution is -2.53. The average Bonchev–Trinajstić information content (AvgIpc) is 2.80. The summed E-state index contributed by atoms with van der Waals surface area (Å²) in [6, 6.07) is 17.1. The molecule has 5 nitrogen and oxygen atoms in total. The Morgan fingerprint density at radius 2 is 1.76 bits per heavy atom. The molecule has 0 radical (unpaired) electrons. The van der Waals surface area contributed by atoms with Crippen LogP contribution in [-0.2, 0) is 0 Å². The van der Waals surface area contributed by atoms with Gasteiger partial charge >= 0.3 is 0 Å². The number of hydrogen-bond donors (Lipinski definition) is 0. The molecule has 3 heterocycles. The lowest BCUT2D eigenvalue weighted by molar-refractivity contribution is 0.0910. The van der Waals surface area contributed by atoms with Gasteiger partial charge in [0.15, 0.2) is 0 Å². The lowest BCUT2D eigenvalue weighted by atomic mass is 10.0. The third-order valence-electron chi connectivity index (χ3n) is 6.06. The number of benzene rings is 1. The van der Waals surface area contributed by atoms with Gasteiger partial charge in [0, 0.05) is 58.1 Å². The Morgan fingerprint density at radius 3 is 2.48 bits per heavy atom. The van der Waals surface area contributed by atoms with Gasteiger partial charge in [0.25, 0.3) is 0 Å². The van der Waals surface area contributed by atoms with Gasteiger partial charge in [-0.3, -0.25) is 9.80 Å². The number of aromatic nitrogens is 1. The van der Waals surface area contributed by atoms with Gasteiger partial charge in [-0.15, -0.1) is 0 Å². The smallest absolute Gasteiger partial charge is 0.129 e. The van der Waals surface area contributed by atoms with Crippen LogP contribution in [0.2, 0.25) is 0 Å². The largest absolute Gasteiger partial charge is 0.356 e. The molecule has 0 N–H and O–H groups in total. The molecule has 2 aromatic rings. The highest BCUT2D eigenvalue weighted by Crippen LogP contribution is 2.22. The van der Waals surface area contributed by atoms with E-state index in [9.17, 15) is 0 Å². The van der Waals surface area contributed by atoms with Gasteiger partial charge in [0.05, 0.1) is 11.6 Å². The van der Waals surface area contributed by atoms with Crippen molar-refractivity contribution in [3.05, 3.63) is 65.9 Å². The van der Waals surface area contributed by atoms with E-state index in [1.165, 1.54) is 18.4 Å². The normalized spacial score (nSPS) is 19.5. The highest BCUT2D eigenvalue weighted by atomic mass is 15.3. The van der Waals surface area contributed by atoms with Crippen LogP contribution in [0.1, 0.15) is 24.0 Å². The van der Waals surface area contributed by atoms with Crippen molar-refractivity contribution in [3.8, 4) is 6.07 Å². The summed E-state index contributed by atoms with van der Waals surface area (Å²) < 4.78 is 0. The predicted molar refractivity (Wildman–Crippen MR) is 118 cm³/mol. The Labute approximate surface area is 173 Å². The topological polar surface area (TPSA) is 46.4 Å². The van der Waals surface area contributed by atoms with Gasteiger partial charge in [-0.1, -0.05) is 42.5 Å². The van der Waals surface area contributed by atoms with E-state index >= 15 is 0 Å². The second-order valence-corrected chi connectivity index (χ2v) is 7.88. The van der Waals surface area contributed by atoms with Crippen molar-refractivity contribution in [3.63, 3.8) is 0 Å². The minimum absolute atomic E-state index is 0.674. The van der Waals surface area contributed by atoms with Crippen molar-refractivity contribution in [1.29, 1.82) is 5.26 Å². The maximum Gasteiger partial charge on any atom is 0.129 e. The van der Waals surface area contributed by atoms with Crippen LogP contribution in [0.25, 0.3) is 6.08 Å². The molecule has 150 valence electrons. The second-order valence-electron chi connectivity index (χ2n) is 7.88. The molecule has 4 rings (SSSR count). The summed E-state index contributed by atoms with van der Waals surface area (Å²) in [5.41, 5.74) is 1.96. The van der Waals surface area contributed by atoms with E-state index in [1.807, 2.05) is 6.07 Å². The SMILES string of the molecule is N#Cc1ccnc(N2CCC(N3CCN(CC=Cc4ccccc4)CC3)CC2)c1. The van der Waals surface area contributed by atoms with Crippen molar-refractivity contribution in [2.75, 3.05) is 50.7 Å². The van der Waals surface area contributed by atoms with E-state index in [1.54, 1.807) is 12.3 Å². The number of pyridine rings is 1. The molecular formula is C24H29N5. The van der Waals surface area contributed by atoms with Crippen LogP contribution in [0.5, 0.6) is 0 Å². The molecule has 29 heavy (non-hydrogen) atoms. The van der Waals surface area contributed by atoms with Gasteiger partial charge in [-0.25, -0.2) is 4.98 Å². The summed E-state index contributed by atoms with van der Waals surface area (Å²) in [5, 5.41) is 9.09. The van der Waals surface area contributed by atoms with Crippen molar-refractivity contribution < 1.29 is 0 Å². The fourth-order valence-electron chi connectivity index (χ4n) is 4.33. The van der Waals surface area contributed by atoms with Crippen LogP contribution in [0, 0.1) is 11.3 Å². The van der Waals surface area contributed by atoms with Crippen LogP contribution in [0.3, 0.4) is 0 Å². The fraction of sp³-hybridized carbons (Fsp3) is 0.417. The third-order valence-corrected chi connectivity index (χ3v) is 6.06. The molecule has 0 aliphatic carbocycles. The number of nitrogens with zero attached hydrogens (tertiary/aromatic N) is 5. The summed E-state index contributed by atoms with van der Waals surface area (Å²) in [7, 11) is 0. The Balaban J connectivity index is 1.21. The Morgan fingerprint density at radius 1 is 1.00 bits per heavy atom. The van der Waals surface area contributed by atoms with Gasteiger partial charge < -0.3 is 4.90 Å². The molecule has 1 aromatic heterocycles. The van der Waals surface area contributed by atoms with Crippen LogP contribution in [0.15, 0.2) is 54.7 Å². The maximum atomic E-state index is 9.09. The summed E-state index contributed by atoms with van der Waals surface area (Å²) in [6.45, 7) is 7.68. The van der Waals surface area contributed by atoms with Crippen molar-refractivity contribution in [2.45, 2.75) is 18.9 Å². The molecule has 0 spiro atoms. The summed E-state index contributed by atoms with van der Waals surface area (Å²) in [4.78, 5) is 12.0. The van der Waals surface area contributed by atoms with Gasteiger partial charge in [0.1, 0.15) is 5.82 Å². The third kappa shape index (κ3) is 5.23. The molecule has 0 bridgehead atoms. The maximum absolute atomic E-state index is 9.09. The number of anilines is 1. The van der Waals surface area contributed by atoms with Gasteiger partial charge in [-0.2, -0.15) is 5.26 Å². The van der Waals surface area contributed by atoms with Crippen LogP contribution >= 0.6 is 0 Å². The second kappa shape index (κ2) is 9.69. The van der Waals surface area contributed by atoms with Crippen LogP contribution in [0.4, 0.5) is 5.82 Å². The number of piperazine rings is 1. The Hall–Kier alpha value is -2.68. The summed E-state index contributed by atoms with van der Waals surface area (Å²) >= 11 is 0. The van der Waals surface area contributed by atoms with Crippen LogP contribution < -0.4 is 4.90 Å². The number of piperidine rings is 1. The summed E-state index contributed by atoms with van der Waals surface area (Å²) in [6.07, 6.45) is 8.59. The fourth-order valence-corrected chi connectivity index (χ4v) is 4.33. The molecule has 0 saturated carbocycles. The van der Waals surface area contributed by atoms with Gasteiger partial charge in [-0.05, 0) is 30.5 Å². The standard InChI is InChI=1S/C24H29N5/c25-20-22-8-11-26-24(19-22)29-13-9-23(10-14-29)28-17-15-27(16-18-28)12-4-7-21-5-2-1-3-6-21/h1-8,11,19,23H,9-10,12-18H2. The van der Waals surface area contributed by atoms with Gasteiger partial charge in [0.2, 0.25) is 0 Å². The van der Waals surface area contributed by atoms with E-state index in [0.29, 0.717) is 11.6 Å². The van der Waals surface area contributed by atoms with E-state index in [2.05, 4.69) is 68.2 Å². The molecule has 0 unspecified atom stereocenters. The first kappa shape index (κ1) is 19.6. The van der Waals surface area contributed by atoms with E-state index in [-0.39, 0.29) is 0 Å². The van der Waals surface area contributed by atoms with Crippen molar-refractivity contribution in [2.24, 2.45) is 0 Å². The zero-order chi connectivity index (χ0) is 19.9. The zero-order valence-corrected chi connectivity index (χ0v) is 17.0. The molecule has 5 heteroatoms.